The van der Waals surface area contributed by atoms with Crippen LogP contribution in [0, 0.1) is 0 Å². The van der Waals surface area contributed by atoms with Gasteiger partial charge in [0.05, 0.1) is 55.0 Å². The van der Waals surface area contributed by atoms with E-state index in [1.807, 2.05) is 42.5 Å². The van der Waals surface area contributed by atoms with Crippen molar-refractivity contribution in [1.29, 1.82) is 0 Å². The van der Waals surface area contributed by atoms with Crippen molar-refractivity contribution in [2.24, 2.45) is 0 Å². The topological polar surface area (TPSA) is 48.5 Å². The first-order valence-electron chi connectivity index (χ1n) is 31.2. The van der Waals surface area contributed by atoms with Gasteiger partial charge >= 0.3 is 0 Å². The van der Waals surface area contributed by atoms with Gasteiger partial charge in [0.1, 0.15) is 0 Å². The summed E-state index contributed by atoms with van der Waals surface area (Å²) in [5.41, 5.74) is -3.58. The van der Waals surface area contributed by atoms with Gasteiger partial charge in [-0.05, 0) is 69.7 Å². The van der Waals surface area contributed by atoms with Gasteiger partial charge in [0, 0.05) is 47.3 Å². The normalized spacial score (nSPS) is 17.1. The zero-order valence-corrected chi connectivity index (χ0v) is 32.8. The van der Waals surface area contributed by atoms with E-state index in [0.29, 0.717) is 11.1 Å². The van der Waals surface area contributed by atoms with Gasteiger partial charge in [-0.25, -0.2) is 0 Å². The molecule has 5 nitrogen and oxygen atoms in total. The van der Waals surface area contributed by atoms with Crippen LogP contribution >= 0.6 is 11.3 Å². The van der Waals surface area contributed by atoms with Crippen molar-refractivity contribution in [3.63, 3.8) is 0 Å². The number of para-hydroxylation sites is 2. The van der Waals surface area contributed by atoms with E-state index in [-0.39, 0.29) is 11.4 Å². The molecular weight excluding hydrogens is 787 g/mol. The number of aromatic nitrogens is 5. The summed E-state index contributed by atoms with van der Waals surface area (Å²) in [6, 6.07) is 0.318. The van der Waals surface area contributed by atoms with Crippen LogP contribution in [-0.2, 0) is 0 Å². The van der Waals surface area contributed by atoms with Gasteiger partial charge in [-0.15, -0.1) is 11.3 Å². The molecule has 4 aromatic heterocycles. The van der Waals surface area contributed by atoms with Crippen LogP contribution in [0.1, 0.15) is 32.9 Å². The summed E-state index contributed by atoms with van der Waals surface area (Å²) in [5.74, 6) is -1.66. The Labute approximate surface area is 400 Å². The Morgan fingerprint density at radius 1 is 0.365 bits per heavy atom. The lowest BCUT2D eigenvalue weighted by atomic mass is 9.98. The average molecular weight is 846 g/mol. The van der Waals surface area contributed by atoms with E-state index in [1.165, 1.54) is 11.3 Å². The summed E-state index contributed by atoms with van der Waals surface area (Å²) in [6.07, 6.45) is 0. The van der Waals surface area contributed by atoms with E-state index in [9.17, 15) is 13.7 Å². The molecule has 0 spiro atoms. The van der Waals surface area contributed by atoms with Crippen molar-refractivity contribution < 1.29 is 32.9 Å². The zero-order chi connectivity index (χ0) is 62.3. The molecule has 0 bridgehead atoms. The maximum absolute atomic E-state index is 10.0. The molecule has 0 saturated heterocycles. The molecule has 0 unspecified atom stereocenters. The van der Waals surface area contributed by atoms with Crippen LogP contribution < -0.4 is 0 Å². The van der Waals surface area contributed by atoms with Crippen LogP contribution in [-0.4, -0.2) is 24.1 Å². The molecule has 0 atom stereocenters. The summed E-state index contributed by atoms with van der Waals surface area (Å²) < 4.78 is 222. The van der Waals surface area contributed by atoms with E-state index in [0.717, 1.165) is 29.3 Å². The highest BCUT2D eigenvalue weighted by Gasteiger charge is 2.23. The summed E-state index contributed by atoms with van der Waals surface area (Å²) in [6.45, 7) is 0. The minimum atomic E-state index is -0.865. The smallest absolute Gasteiger partial charge is 0.240 e. The van der Waals surface area contributed by atoms with Gasteiger partial charge in [0.25, 0.3) is 0 Å². The second-order valence-electron chi connectivity index (χ2n) is 14.2. The third-order valence-electron chi connectivity index (χ3n) is 10.7. The van der Waals surface area contributed by atoms with Gasteiger partial charge in [0.2, 0.25) is 11.9 Å². The van der Waals surface area contributed by atoms with Gasteiger partial charge in [-0.1, -0.05) is 175 Å². The quantitative estimate of drug-likeness (QED) is 0.167. The molecule has 4 heterocycles. The molecule has 0 N–H and O–H groups in total. The Hall–Kier alpha value is -8.19. The lowest BCUT2D eigenvalue weighted by Crippen LogP contribution is -2.10. The molecule has 6 heteroatoms. The van der Waals surface area contributed by atoms with E-state index < -0.39 is 223 Å². The minimum absolute atomic E-state index is 0.203. The van der Waals surface area contributed by atoms with Crippen molar-refractivity contribution in [1.82, 2.24) is 24.1 Å². The summed E-state index contributed by atoms with van der Waals surface area (Å²) >= 11 is 1.53. The Bertz CT molecular complexity index is 5060. The predicted molar refractivity (Wildman–Crippen MR) is 263 cm³/mol. The molecule has 294 valence electrons. The number of nitrogens with zero attached hydrogens (tertiary/aromatic N) is 5. The lowest BCUT2D eigenvalue weighted by Gasteiger charge is -2.15. The van der Waals surface area contributed by atoms with Crippen molar-refractivity contribution in [3.05, 3.63) is 212 Å². The first-order valence-corrected chi connectivity index (χ1v) is 20.1. The number of thiophene rings is 1. The highest BCUT2D eigenvalue weighted by Crippen LogP contribution is 2.41. The molecule has 0 aliphatic rings. The van der Waals surface area contributed by atoms with Crippen molar-refractivity contribution in [3.8, 4) is 56.7 Å². The average Bonchev–Trinajstić information content (AvgIpc) is 1.59. The molecule has 0 aliphatic heterocycles. The first kappa shape index (κ1) is 19.2. The van der Waals surface area contributed by atoms with E-state index in [4.69, 9.17) is 34.1 Å². The fraction of sp³-hybridized carbons (Fsp3) is 0. The zero-order valence-electron chi connectivity index (χ0n) is 56.0. The molecule has 13 aromatic rings. The van der Waals surface area contributed by atoms with Crippen LogP contribution in [0.5, 0.6) is 0 Å². The lowest BCUT2D eigenvalue weighted by molar-refractivity contribution is 0.893. The van der Waals surface area contributed by atoms with E-state index in [1.54, 1.807) is 24.3 Å². The highest BCUT2D eigenvalue weighted by molar-refractivity contribution is 7.25. The van der Waals surface area contributed by atoms with Gasteiger partial charge in [0.15, 0.2) is 5.82 Å². The highest BCUT2D eigenvalue weighted by atomic mass is 32.1. The maximum atomic E-state index is 10.0. The molecule has 0 saturated carbocycles. The molecule has 13 rings (SSSR count). The van der Waals surface area contributed by atoms with Crippen molar-refractivity contribution in [2.45, 2.75) is 0 Å². The SMILES string of the molecule is [2H]c1c([2H])c([2H])c(-c2c([2H])c([2H])c3c4c([2H])c([2H])c([2H])c([2H])c4n(-c4nc(-c5ccccc5-c5ccc6c(c5)sc5ccccc56)nc(-n5c6c([2H])c([2H])c([2H])c([2H])c6c6c([2H])c([2H])c(-c7c([2H])c([2H])c([2H])c([2H])c7[2H])c([2H])c65)n4)c3c2[2H])c([2H])c1[2H]. The van der Waals surface area contributed by atoms with Crippen LogP contribution in [0.15, 0.2) is 212 Å². The Kier molecular flexibility index (Phi) is 4.34. The second-order valence-corrected chi connectivity index (χ2v) is 15.3. The number of benzene rings is 9. The van der Waals surface area contributed by atoms with Crippen LogP contribution in [0.25, 0.3) is 120 Å². The molecule has 0 fully saturated rings. The van der Waals surface area contributed by atoms with Gasteiger partial charge < -0.3 is 0 Å². The number of hydrogen-bond donors (Lipinski definition) is 0. The number of hydrogen-bond acceptors (Lipinski definition) is 4. The standard InChI is InChI=1S/C57H35N5S/c1-3-15-36(16-4-1)38-27-30-44-42-20-9-12-24-49(42)61(51(44)33-38)56-58-55(48-23-8-7-19-41(48)40-29-32-47-46-22-11-14-26-53(46)63-54(47)35-40)59-57(60-56)62-50-25-13-10-21-43(50)45-31-28-39(34-52(45)62)37-17-5-2-6-18-37/h1-35H/i1D,2D,3D,4D,5D,6D,9D,10D,12D,13D,15D,16D,17D,18D,20D,21D,24D,25D,27D,28D,30D,31D,33D,34D. The summed E-state index contributed by atoms with van der Waals surface area (Å²) in [4.78, 5) is 14.9. The molecule has 0 amide bonds. The third kappa shape index (κ3) is 5.73. The van der Waals surface area contributed by atoms with E-state index in [2.05, 4.69) is 0 Å². The number of rotatable bonds is 6. The van der Waals surface area contributed by atoms with Gasteiger partial charge in [-0.2, -0.15) is 15.0 Å². The fourth-order valence-corrected chi connectivity index (χ4v) is 9.07. The third-order valence-corrected chi connectivity index (χ3v) is 11.8. The number of fused-ring (bicyclic) bond motifs is 9. The monoisotopic (exact) mass is 845 g/mol. The van der Waals surface area contributed by atoms with Crippen molar-refractivity contribution in [2.75, 3.05) is 0 Å². The molecule has 63 heavy (non-hydrogen) atoms. The summed E-state index contributed by atoms with van der Waals surface area (Å²) in [5, 5.41) is 0.139. The Morgan fingerprint density at radius 3 is 1.49 bits per heavy atom. The Balaban J connectivity index is 1.26. The maximum Gasteiger partial charge on any atom is 0.240 e. The summed E-state index contributed by atoms with van der Waals surface area (Å²) in [7, 11) is 0. The predicted octanol–water partition coefficient (Wildman–Crippen LogP) is 15.1. The Morgan fingerprint density at radius 2 is 0.873 bits per heavy atom. The fourth-order valence-electron chi connectivity index (χ4n) is 7.92. The van der Waals surface area contributed by atoms with Crippen LogP contribution in [0.4, 0.5) is 0 Å². The molecule has 9 aromatic carbocycles. The molecule has 0 radical (unpaired) electrons. The first-order chi connectivity index (χ1) is 41.2. The van der Waals surface area contributed by atoms with E-state index >= 15 is 0 Å². The second kappa shape index (κ2) is 14.2. The van der Waals surface area contributed by atoms with Crippen LogP contribution in [0.2, 0.25) is 0 Å². The van der Waals surface area contributed by atoms with Crippen LogP contribution in [0.3, 0.4) is 0 Å². The van der Waals surface area contributed by atoms with Gasteiger partial charge in [-0.3, -0.25) is 9.13 Å². The molecular formula is C57H35N5S. The molecule has 0 aliphatic carbocycles. The van der Waals surface area contributed by atoms with Crippen molar-refractivity contribution >= 4 is 75.1 Å². The largest absolute Gasteiger partial charge is 0.278 e. The minimum Gasteiger partial charge on any atom is -0.278 e.